The number of aryl methyl sites for hydroxylation is 1. The standard InChI is InChI=1S/C18H16BrN5OS2/c1-11-2-8-14(9-3-11)20-17(26)24-23-16(25)22-18-21-15(10-27-18)12-4-6-13(19)7-5-12/h2-10H,1H3,(H2,20,24,26)(H2,21,22,23,25). The fourth-order valence-corrected chi connectivity index (χ4v) is 3.27. The summed E-state index contributed by atoms with van der Waals surface area (Å²) in [5.74, 6) is 0. The second-order valence-electron chi connectivity index (χ2n) is 5.57. The van der Waals surface area contributed by atoms with E-state index >= 15 is 0 Å². The molecule has 3 rings (SSSR count). The Kier molecular flexibility index (Phi) is 6.38. The molecular weight excluding hydrogens is 446 g/mol. The number of hydrogen-bond donors (Lipinski definition) is 4. The summed E-state index contributed by atoms with van der Waals surface area (Å²) in [6.45, 7) is 2.01. The van der Waals surface area contributed by atoms with Crippen LogP contribution in [0.5, 0.6) is 0 Å². The number of rotatable bonds is 3. The predicted octanol–water partition coefficient (Wildman–Crippen LogP) is 4.90. The minimum Gasteiger partial charge on any atom is -0.331 e. The predicted molar refractivity (Wildman–Crippen MR) is 118 cm³/mol. The number of thiazole rings is 1. The van der Waals surface area contributed by atoms with Gasteiger partial charge in [-0.3, -0.25) is 10.7 Å². The van der Waals surface area contributed by atoms with Crippen molar-refractivity contribution in [3.05, 3.63) is 63.9 Å². The first-order chi connectivity index (χ1) is 13.0. The Balaban J connectivity index is 1.48. The van der Waals surface area contributed by atoms with Crippen molar-refractivity contribution in [1.82, 2.24) is 15.8 Å². The third-order valence-electron chi connectivity index (χ3n) is 3.46. The molecule has 9 heteroatoms. The Morgan fingerprint density at radius 2 is 1.74 bits per heavy atom. The third-order valence-corrected chi connectivity index (χ3v) is 4.95. The maximum Gasteiger partial charge on any atom is 0.339 e. The van der Waals surface area contributed by atoms with Gasteiger partial charge in [-0.2, -0.15) is 0 Å². The summed E-state index contributed by atoms with van der Waals surface area (Å²) in [6, 6.07) is 15.1. The van der Waals surface area contributed by atoms with Gasteiger partial charge in [0.25, 0.3) is 0 Å². The summed E-state index contributed by atoms with van der Waals surface area (Å²) in [5, 5.41) is 8.30. The van der Waals surface area contributed by atoms with Gasteiger partial charge in [0.05, 0.1) is 5.69 Å². The number of benzene rings is 2. The number of hydrogen-bond acceptors (Lipinski definition) is 4. The zero-order valence-corrected chi connectivity index (χ0v) is 17.5. The van der Waals surface area contributed by atoms with Crippen molar-refractivity contribution in [3.63, 3.8) is 0 Å². The van der Waals surface area contributed by atoms with Crippen LogP contribution in [0.15, 0.2) is 58.4 Å². The van der Waals surface area contributed by atoms with E-state index in [1.165, 1.54) is 11.3 Å². The molecule has 6 nitrogen and oxygen atoms in total. The van der Waals surface area contributed by atoms with Crippen LogP contribution in [0.25, 0.3) is 11.3 Å². The van der Waals surface area contributed by atoms with Gasteiger partial charge in [0.15, 0.2) is 10.2 Å². The van der Waals surface area contributed by atoms with Crippen LogP contribution in [-0.2, 0) is 0 Å². The van der Waals surface area contributed by atoms with Crippen molar-refractivity contribution in [2.75, 3.05) is 10.6 Å². The zero-order chi connectivity index (χ0) is 19.2. The van der Waals surface area contributed by atoms with E-state index in [-0.39, 0.29) is 5.11 Å². The van der Waals surface area contributed by atoms with E-state index in [0.717, 1.165) is 27.0 Å². The molecule has 0 atom stereocenters. The number of aromatic nitrogens is 1. The van der Waals surface area contributed by atoms with Crippen LogP contribution in [0, 0.1) is 6.92 Å². The largest absolute Gasteiger partial charge is 0.339 e. The smallest absolute Gasteiger partial charge is 0.331 e. The summed E-state index contributed by atoms with van der Waals surface area (Å²) >= 11 is 9.90. The molecule has 0 aliphatic heterocycles. The quantitative estimate of drug-likeness (QED) is 0.329. The first-order valence-corrected chi connectivity index (χ1v) is 10.00. The number of urea groups is 1. The molecule has 3 aromatic rings. The highest BCUT2D eigenvalue weighted by Gasteiger charge is 2.08. The van der Waals surface area contributed by atoms with Crippen LogP contribution in [0.4, 0.5) is 15.6 Å². The molecule has 1 heterocycles. The molecule has 0 spiro atoms. The second-order valence-corrected chi connectivity index (χ2v) is 7.75. The van der Waals surface area contributed by atoms with Crippen molar-refractivity contribution in [3.8, 4) is 11.3 Å². The monoisotopic (exact) mass is 461 g/mol. The topological polar surface area (TPSA) is 78.1 Å². The van der Waals surface area contributed by atoms with Crippen LogP contribution < -0.4 is 21.5 Å². The molecule has 4 N–H and O–H groups in total. The van der Waals surface area contributed by atoms with Gasteiger partial charge in [-0.25, -0.2) is 15.2 Å². The molecule has 0 aliphatic carbocycles. The number of amides is 2. The van der Waals surface area contributed by atoms with E-state index in [4.69, 9.17) is 12.2 Å². The lowest BCUT2D eigenvalue weighted by Gasteiger charge is -2.11. The number of carbonyl (C=O) groups excluding carboxylic acids is 1. The first kappa shape index (κ1) is 19.3. The molecule has 0 saturated carbocycles. The van der Waals surface area contributed by atoms with E-state index in [1.807, 2.05) is 60.8 Å². The highest BCUT2D eigenvalue weighted by Crippen LogP contribution is 2.25. The number of thiocarbonyl (C=S) groups is 1. The summed E-state index contributed by atoms with van der Waals surface area (Å²) in [6.07, 6.45) is 0. The Morgan fingerprint density at radius 1 is 1.04 bits per heavy atom. The van der Waals surface area contributed by atoms with E-state index in [9.17, 15) is 4.79 Å². The van der Waals surface area contributed by atoms with Gasteiger partial charge in [0, 0.05) is 21.1 Å². The lowest BCUT2D eigenvalue weighted by Crippen LogP contribution is -2.45. The minimum absolute atomic E-state index is 0.281. The molecule has 27 heavy (non-hydrogen) atoms. The number of carbonyl (C=O) groups is 1. The van der Waals surface area contributed by atoms with Crippen molar-refractivity contribution in [1.29, 1.82) is 0 Å². The normalized spacial score (nSPS) is 10.1. The van der Waals surface area contributed by atoms with Gasteiger partial charge in [0.1, 0.15) is 0 Å². The highest BCUT2D eigenvalue weighted by atomic mass is 79.9. The number of nitrogens with one attached hydrogen (secondary N) is 4. The number of anilines is 2. The maximum absolute atomic E-state index is 12.0. The molecule has 0 saturated heterocycles. The number of hydrazine groups is 1. The fraction of sp³-hybridized carbons (Fsp3) is 0.0556. The van der Waals surface area contributed by atoms with Gasteiger partial charge in [-0.15, -0.1) is 11.3 Å². The average Bonchev–Trinajstić information content (AvgIpc) is 3.11. The van der Waals surface area contributed by atoms with E-state index in [1.54, 1.807) is 0 Å². The van der Waals surface area contributed by atoms with Crippen molar-refractivity contribution >= 4 is 61.4 Å². The summed E-state index contributed by atoms with van der Waals surface area (Å²) < 4.78 is 1.00. The van der Waals surface area contributed by atoms with Crippen LogP contribution in [0.2, 0.25) is 0 Å². The van der Waals surface area contributed by atoms with Gasteiger partial charge < -0.3 is 5.32 Å². The SMILES string of the molecule is Cc1ccc(NC(=S)NNC(=O)Nc2nc(-c3ccc(Br)cc3)cs2)cc1. The van der Waals surface area contributed by atoms with Crippen molar-refractivity contribution in [2.24, 2.45) is 0 Å². The number of halogens is 1. The van der Waals surface area contributed by atoms with Crippen molar-refractivity contribution in [2.45, 2.75) is 6.92 Å². The Hall–Kier alpha value is -2.49. The molecule has 2 aromatic carbocycles. The molecule has 0 bridgehead atoms. The van der Waals surface area contributed by atoms with Gasteiger partial charge in [-0.1, -0.05) is 45.8 Å². The summed E-state index contributed by atoms with van der Waals surface area (Å²) in [4.78, 5) is 16.4. The summed E-state index contributed by atoms with van der Waals surface area (Å²) in [5.41, 5.74) is 8.88. The van der Waals surface area contributed by atoms with E-state index < -0.39 is 6.03 Å². The van der Waals surface area contributed by atoms with Gasteiger partial charge in [-0.05, 0) is 43.4 Å². The lowest BCUT2D eigenvalue weighted by molar-refractivity contribution is 0.250. The van der Waals surface area contributed by atoms with Crippen LogP contribution in [0.3, 0.4) is 0 Å². The van der Waals surface area contributed by atoms with Crippen molar-refractivity contribution < 1.29 is 4.79 Å². The molecule has 2 amide bonds. The Labute approximate surface area is 174 Å². The maximum atomic E-state index is 12.0. The molecule has 0 aliphatic rings. The Morgan fingerprint density at radius 3 is 2.44 bits per heavy atom. The molecule has 0 unspecified atom stereocenters. The van der Waals surface area contributed by atoms with E-state index in [0.29, 0.717) is 5.13 Å². The zero-order valence-electron chi connectivity index (χ0n) is 14.2. The first-order valence-electron chi connectivity index (χ1n) is 7.92. The fourth-order valence-electron chi connectivity index (χ4n) is 2.13. The average molecular weight is 462 g/mol. The molecule has 0 radical (unpaired) electrons. The van der Waals surface area contributed by atoms with E-state index in [2.05, 4.69) is 42.4 Å². The molecule has 138 valence electrons. The molecule has 1 aromatic heterocycles. The highest BCUT2D eigenvalue weighted by molar-refractivity contribution is 9.10. The second kappa shape index (κ2) is 8.94. The number of nitrogens with zero attached hydrogens (tertiary/aromatic N) is 1. The molecule has 0 fully saturated rings. The molecular formula is C18H16BrN5OS2. The van der Waals surface area contributed by atoms with Gasteiger partial charge in [0.2, 0.25) is 0 Å². The van der Waals surface area contributed by atoms with Crippen LogP contribution in [0.1, 0.15) is 5.56 Å². The summed E-state index contributed by atoms with van der Waals surface area (Å²) in [7, 11) is 0. The lowest BCUT2D eigenvalue weighted by atomic mass is 10.2. The van der Waals surface area contributed by atoms with Crippen LogP contribution >= 0.6 is 39.5 Å². The minimum atomic E-state index is -0.459. The Bertz CT molecular complexity index is 941. The van der Waals surface area contributed by atoms with Gasteiger partial charge >= 0.3 is 6.03 Å². The third kappa shape index (κ3) is 5.75. The van der Waals surface area contributed by atoms with Crippen LogP contribution in [-0.4, -0.2) is 16.1 Å².